The summed E-state index contributed by atoms with van der Waals surface area (Å²) in [6.45, 7) is 5.90. The molecule has 2 nitrogen and oxygen atoms in total. The molecule has 2 fully saturated rings. The second-order valence-electron chi connectivity index (χ2n) is 5.63. The molecule has 0 radical (unpaired) electrons. The molecule has 1 N–H and O–H groups in total. The van der Waals surface area contributed by atoms with Crippen LogP contribution in [-0.4, -0.2) is 46.7 Å². The topological polar surface area (TPSA) is 23.5 Å². The Morgan fingerprint density at radius 3 is 2.88 bits per heavy atom. The van der Waals surface area contributed by atoms with Crippen molar-refractivity contribution in [1.29, 1.82) is 0 Å². The number of nitrogens with zero attached hydrogens (tertiary/aromatic N) is 1. The fourth-order valence-electron chi connectivity index (χ4n) is 3.10. The number of hydrogen-bond acceptors (Lipinski definition) is 3. The van der Waals surface area contributed by atoms with Gasteiger partial charge in [-0.1, -0.05) is 26.2 Å². The van der Waals surface area contributed by atoms with E-state index in [9.17, 15) is 5.11 Å². The van der Waals surface area contributed by atoms with E-state index in [4.69, 9.17) is 0 Å². The SMILES string of the molecule is CCC1CN(CC2CCCCCC2O)CCS1. The van der Waals surface area contributed by atoms with Crippen molar-refractivity contribution in [2.45, 2.75) is 56.8 Å². The van der Waals surface area contributed by atoms with Crippen LogP contribution in [0.25, 0.3) is 0 Å². The van der Waals surface area contributed by atoms with Gasteiger partial charge in [-0.25, -0.2) is 0 Å². The molecule has 0 aromatic rings. The van der Waals surface area contributed by atoms with Crippen molar-refractivity contribution in [1.82, 2.24) is 4.90 Å². The van der Waals surface area contributed by atoms with Crippen LogP contribution in [0, 0.1) is 5.92 Å². The van der Waals surface area contributed by atoms with Gasteiger partial charge in [0.2, 0.25) is 0 Å². The normalized spacial score (nSPS) is 36.7. The van der Waals surface area contributed by atoms with Gasteiger partial charge in [0.25, 0.3) is 0 Å². The summed E-state index contributed by atoms with van der Waals surface area (Å²) in [5.41, 5.74) is 0. The summed E-state index contributed by atoms with van der Waals surface area (Å²) in [6.07, 6.45) is 7.39. The number of aliphatic hydroxyl groups excluding tert-OH is 1. The lowest BCUT2D eigenvalue weighted by Crippen LogP contribution is -2.42. The molecule has 3 unspecified atom stereocenters. The molecule has 2 rings (SSSR count). The van der Waals surface area contributed by atoms with E-state index in [2.05, 4.69) is 23.6 Å². The quantitative estimate of drug-likeness (QED) is 0.787. The third-order valence-electron chi connectivity index (χ3n) is 4.29. The van der Waals surface area contributed by atoms with Crippen LogP contribution in [0.3, 0.4) is 0 Å². The number of thioether (sulfide) groups is 1. The van der Waals surface area contributed by atoms with Crippen LogP contribution >= 0.6 is 11.8 Å². The molecule has 3 heteroatoms. The molecule has 0 aromatic heterocycles. The van der Waals surface area contributed by atoms with Crippen LogP contribution < -0.4 is 0 Å². The lowest BCUT2D eigenvalue weighted by Gasteiger charge is -2.35. The third-order valence-corrected chi connectivity index (χ3v) is 5.66. The number of rotatable bonds is 3. The predicted molar refractivity (Wildman–Crippen MR) is 75.6 cm³/mol. The van der Waals surface area contributed by atoms with Gasteiger partial charge in [0.05, 0.1) is 6.10 Å². The molecule has 0 amide bonds. The van der Waals surface area contributed by atoms with E-state index in [0.29, 0.717) is 5.92 Å². The summed E-state index contributed by atoms with van der Waals surface area (Å²) >= 11 is 2.13. The first kappa shape index (κ1) is 13.7. The molecule has 1 saturated carbocycles. The zero-order valence-electron chi connectivity index (χ0n) is 11.1. The monoisotopic (exact) mass is 257 g/mol. The van der Waals surface area contributed by atoms with Gasteiger partial charge in [-0.15, -0.1) is 0 Å². The lowest BCUT2D eigenvalue weighted by molar-refractivity contribution is 0.0741. The van der Waals surface area contributed by atoms with Crippen molar-refractivity contribution < 1.29 is 5.11 Å². The molecular weight excluding hydrogens is 230 g/mol. The lowest BCUT2D eigenvalue weighted by atomic mass is 9.96. The average Bonchev–Trinajstić information content (AvgIpc) is 2.55. The maximum Gasteiger partial charge on any atom is 0.0580 e. The van der Waals surface area contributed by atoms with Crippen molar-refractivity contribution in [2.75, 3.05) is 25.4 Å². The minimum Gasteiger partial charge on any atom is -0.393 e. The first-order valence-corrected chi connectivity index (χ1v) is 8.36. The van der Waals surface area contributed by atoms with Gasteiger partial charge in [-0.2, -0.15) is 11.8 Å². The molecule has 0 aromatic carbocycles. The predicted octanol–water partition coefficient (Wildman–Crippen LogP) is 2.76. The van der Waals surface area contributed by atoms with Gasteiger partial charge in [0, 0.05) is 30.6 Å². The minimum atomic E-state index is -0.0350. The maximum absolute atomic E-state index is 10.2. The summed E-state index contributed by atoms with van der Waals surface area (Å²) in [5.74, 6) is 1.82. The Hall–Kier alpha value is 0.270. The van der Waals surface area contributed by atoms with E-state index < -0.39 is 0 Å². The van der Waals surface area contributed by atoms with Gasteiger partial charge in [-0.3, -0.25) is 0 Å². The molecule has 1 saturated heterocycles. The highest BCUT2D eigenvalue weighted by atomic mass is 32.2. The fraction of sp³-hybridized carbons (Fsp3) is 1.00. The Labute approximate surface area is 110 Å². The Kier molecular flexibility index (Phi) is 5.64. The zero-order chi connectivity index (χ0) is 12.1. The second kappa shape index (κ2) is 7.01. The zero-order valence-corrected chi connectivity index (χ0v) is 11.9. The van der Waals surface area contributed by atoms with E-state index in [1.165, 1.54) is 50.9 Å². The summed E-state index contributed by atoms with van der Waals surface area (Å²) in [4.78, 5) is 2.60. The number of hydrogen-bond donors (Lipinski definition) is 1. The second-order valence-corrected chi connectivity index (χ2v) is 7.03. The molecule has 17 heavy (non-hydrogen) atoms. The highest BCUT2D eigenvalue weighted by molar-refractivity contribution is 8.00. The van der Waals surface area contributed by atoms with Crippen LogP contribution in [0.15, 0.2) is 0 Å². The van der Waals surface area contributed by atoms with Crippen LogP contribution in [-0.2, 0) is 0 Å². The molecule has 1 aliphatic heterocycles. The summed E-state index contributed by atoms with van der Waals surface area (Å²) in [7, 11) is 0. The average molecular weight is 257 g/mol. The Morgan fingerprint density at radius 1 is 1.24 bits per heavy atom. The molecule has 3 atom stereocenters. The Bertz CT molecular complexity index is 224. The van der Waals surface area contributed by atoms with Gasteiger partial charge >= 0.3 is 0 Å². The molecule has 0 spiro atoms. The summed E-state index contributed by atoms with van der Waals surface area (Å²) in [5, 5.41) is 11.0. The van der Waals surface area contributed by atoms with E-state index in [1.807, 2.05) is 0 Å². The molecule has 0 bridgehead atoms. The Morgan fingerprint density at radius 2 is 2.06 bits per heavy atom. The van der Waals surface area contributed by atoms with Crippen molar-refractivity contribution in [2.24, 2.45) is 5.92 Å². The van der Waals surface area contributed by atoms with Gasteiger partial charge < -0.3 is 10.0 Å². The largest absolute Gasteiger partial charge is 0.393 e. The van der Waals surface area contributed by atoms with Gasteiger partial charge in [0.15, 0.2) is 0 Å². The van der Waals surface area contributed by atoms with E-state index in [0.717, 1.165) is 18.2 Å². The van der Waals surface area contributed by atoms with Crippen molar-refractivity contribution in [3.05, 3.63) is 0 Å². The van der Waals surface area contributed by atoms with E-state index >= 15 is 0 Å². The first-order chi connectivity index (χ1) is 8.29. The Balaban J connectivity index is 1.81. The first-order valence-electron chi connectivity index (χ1n) is 7.31. The smallest absolute Gasteiger partial charge is 0.0580 e. The molecule has 1 heterocycles. The van der Waals surface area contributed by atoms with Crippen LogP contribution in [0.5, 0.6) is 0 Å². The third kappa shape index (κ3) is 4.15. The van der Waals surface area contributed by atoms with Crippen molar-refractivity contribution in [3.63, 3.8) is 0 Å². The standard InChI is InChI=1S/C14H27NOS/c1-2-13-11-15(8-9-17-13)10-12-6-4-3-5-7-14(12)16/h12-14,16H,2-11H2,1H3. The van der Waals surface area contributed by atoms with Gasteiger partial charge in [-0.05, 0) is 25.2 Å². The highest BCUT2D eigenvalue weighted by Gasteiger charge is 2.26. The van der Waals surface area contributed by atoms with E-state index in [-0.39, 0.29) is 6.10 Å². The van der Waals surface area contributed by atoms with E-state index in [1.54, 1.807) is 0 Å². The molecule has 2 aliphatic rings. The van der Waals surface area contributed by atoms with Crippen LogP contribution in [0.1, 0.15) is 45.4 Å². The molecular formula is C14H27NOS. The number of aliphatic hydroxyl groups is 1. The van der Waals surface area contributed by atoms with Crippen LogP contribution in [0.4, 0.5) is 0 Å². The van der Waals surface area contributed by atoms with Crippen molar-refractivity contribution >= 4 is 11.8 Å². The highest BCUT2D eigenvalue weighted by Crippen LogP contribution is 2.27. The molecule has 100 valence electrons. The van der Waals surface area contributed by atoms with Crippen LogP contribution in [0.2, 0.25) is 0 Å². The maximum atomic E-state index is 10.2. The molecule has 1 aliphatic carbocycles. The summed E-state index contributed by atoms with van der Waals surface area (Å²) in [6, 6.07) is 0. The summed E-state index contributed by atoms with van der Waals surface area (Å²) < 4.78 is 0. The minimum absolute atomic E-state index is 0.0350. The van der Waals surface area contributed by atoms with Gasteiger partial charge in [0.1, 0.15) is 0 Å². The van der Waals surface area contributed by atoms with Crippen molar-refractivity contribution in [3.8, 4) is 0 Å². The fourth-order valence-corrected chi connectivity index (χ4v) is 4.35.